The first-order valence-corrected chi connectivity index (χ1v) is 9.11. The van der Waals surface area contributed by atoms with Gasteiger partial charge in [-0.3, -0.25) is 14.5 Å². The molecule has 134 valence electrons. The van der Waals surface area contributed by atoms with Crippen molar-refractivity contribution in [2.24, 2.45) is 0 Å². The lowest BCUT2D eigenvalue weighted by Gasteiger charge is -2.42. The van der Waals surface area contributed by atoms with E-state index in [1.165, 1.54) is 5.56 Å². The standard InChI is InChI=1S/C21H23N3O2/c25-19(18-9-5-2-6-10-18)23-13-11-21(12-14-23)20(26)22-16-24(21)15-17-7-3-1-4-8-17/h1-10H,11-16H2,(H,22,26). The summed E-state index contributed by atoms with van der Waals surface area (Å²) < 4.78 is 0. The van der Waals surface area contributed by atoms with Crippen LogP contribution in [0, 0.1) is 0 Å². The molecule has 0 atom stereocenters. The van der Waals surface area contributed by atoms with Crippen LogP contribution in [0.2, 0.25) is 0 Å². The predicted octanol–water partition coefficient (Wildman–Crippen LogP) is 2.25. The van der Waals surface area contributed by atoms with Gasteiger partial charge in [0.25, 0.3) is 5.91 Å². The van der Waals surface area contributed by atoms with Gasteiger partial charge >= 0.3 is 0 Å². The molecule has 1 N–H and O–H groups in total. The Hall–Kier alpha value is -2.66. The van der Waals surface area contributed by atoms with Gasteiger partial charge in [0.15, 0.2) is 0 Å². The molecule has 2 aliphatic rings. The van der Waals surface area contributed by atoms with Crippen LogP contribution in [0.1, 0.15) is 28.8 Å². The number of amides is 2. The van der Waals surface area contributed by atoms with Gasteiger partial charge in [-0.15, -0.1) is 0 Å². The quantitative estimate of drug-likeness (QED) is 0.925. The Balaban J connectivity index is 1.47. The highest BCUT2D eigenvalue weighted by Gasteiger charge is 2.50. The van der Waals surface area contributed by atoms with E-state index in [2.05, 4.69) is 22.3 Å². The Bertz CT molecular complexity index is 783. The fraction of sp³-hybridized carbons (Fsp3) is 0.333. The molecule has 2 aliphatic heterocycles. The minimum Gasteiger partial charge on any atom is -0.342 e. The fourth-order valence-corrected chi connectivity index (χ4v) is 4.02. The average molecular weight is 349 g/mol. The number of carbonyl (C=O) groups is 2. The van der Waals surface area contributed by atoms with E-state index in [4.69, 9.17) is 0 Å². The first kappa shape index (κ1) is 16.8. The largest absolute Gasteiger partial charge is 0.342 e. The topological polar surface area (TPSA) is 52.7 Å². The summed E-state index contributed by atoms with van der Waals surface area (Å²) in [4.78, 5) is 29.4. The number of nitrogens with zero attached hydrogens (tertiary/aromatic N) is 2. The number of rotatable bonds is 3. The third-order valence-corrected chi connectivity index (χ3v) is 5.57. The van der Waals surface area contributed by atoms with Crippen molar-refractivity contribution < 1.29 is 9.59 Å². The highest BCUT2D eigenvalue weighted by atomic mass is 16.2. The van der Waals surface area contributed by atoms with Crippen molar-refractivity contribution in [2.75, 3.05) is 19.8 Å². The molecule has 0 saturated carbocycles. The van der Waals surface area contributed by atoms with Gasteiger partial charge in [-0.25, -0.2) is 0 Å². The lowest BCUT2D eigenvalue weighted by molar-refractivity contribution is -0.129. The maximum atomic E-state index is 12.7. The summed E-state index contributed by atoms with van der Waals surface area (Å²) in [6.07, 6.45) is 1.34. The van der Waals surface area contributed by atoms with Gasteiger partial charge < -0.3 is 10.2 Å². The highest BCUT2D eigenvalue weighted by molar-refractivity contribution is 5.95. The number of hydrogen-bond acceptors (Lipinski definition) is 3. The van der Waals surface area contributed by atoms with Crippen molar-refractivity contribution in [3.63, 3.8) is 0 Å². The van der Waals surface area contributed by atoms with E-state index in [9.17, 15) is 9.59 Å². The molecule has 0 aromatic heterocycles. The Morgan fingerprint density at radius 1 is 0.962 bits per heavy atom. The van der Waals surface area contributed by atoms with Gasteiger partial charge in [-0.2, -0.15) is 0 Å². The maximum Gasteiger partial charge on any atom is 0.253 e. The van der Waals surface area contributed by atoms with Crippen LogP contribution >= 0.6 is 0 Å². The van der Waals surface area contributed by atoms with Crippen LogP contribution in [-0.2, 0) is 11.3 Å². The van der Waals surface area contributed by atoms with Crippen molar-refractivity contribution >= 4 is 11.8 Å². The zero-order valence-electron chi connectivity index (χ0n) is 14.7. The summed E-state index contributed by atoms with van der Waals surface area (Å²) in [5, 5.41) is 3.01. The summed E-state index contributed by atoms with van der Waals surface area (Å²) in [5.74, 6) is 0.147. The van der Waals surface area contributed by atoms with Crippen LogP contribution in [0.4, 0.5) is 0 Å². The monoisotopic (exact) mass is 349 g/mol. The van der Waals surface area contributed by atoms with Crippen molar-refractivity contribution in [3.8, 4) is 0 Å². The van der Waals surface area contributed by atoms with E-state index in [1.807, 2.05) is 53.4 Å². The second-order valence-electron chi connectivity index (χ2n) is 7.04. The highest BCUT2D eigenvalue weighted by Crippen LogP contribution is 2.34. The third kappa shape index (κ3) is 2.99. The molecule has 0 radical (unpaired) electrons. The lowest BCUT2D eigenvalue weighted by Crippen LogP contribution is -2.56. The van der Waals surface area contributed by atoms with E-state index in [0.717, 1.165) is 6.54 Å². The summed E-state index contributed by atoms with van der Waals surface area (Å²) >= 11 is 0. The molecule has 2 amide bonds. The van der Waals surface area contributed by atoms with Gasteiger partial charge in [-0.1, -0.05) is 48.5 Å². The number of carbonyl (C=O) groups excluding carboxylic acids is 2. The third-order valence-electron chi connectivity index (χ3n) is 5.57. The summed E-state index contributed by atoms with van der Waals surface area (Å²) in [6.45, 7) is 2.52. The van der Waals surface area contributed by atoms with Gasteiger partial charge in [-0.05, 0) is 30.5 Å². The lowest BCUT2D eigenvalue weighted by atomic mass is 9.85. The average Bonchev–Trinajstić information content (AvgIpc) is 2.99. The Morgan fingerprint density at radius 3 is 2.23 bits per heavy atom. The number of hydrogen-bond donors (Lipinski definition) is 1. The first-order valence-electron chi connectivity index (χ1n) is 9.11. The molecule has 5 nitrogen and oxygen atoms in total. The normalized spacial score (nSPS) is 19.5. The zero-order valence-corrected chi connectivity index (χ0v) is 14.7. The van der Waals surface area contributed by atoms with Crippen LogP contribution in [0.3, 0.4) is 0 Å². The van der Waals surface area contributed by atoms with Gasteiger partial charge in [0, 0.05) is 25.2 Å². The molecule has 2 heterocycles. The van der Waals surface area contributed by atoms with Crippen LogP contribution < -0.4 is 5.32 Å². The molecular weight excluding hydrogens is 326 g/mol. The fourth-order valence-electron chi connectivity index (χ4n) is 4.02. The molecule has 1 spiro atoms. The molecular formula is C21H23N3O2. The Kier molecular flexibility index (Phi) is 4.47. The molecule has 0 bridgehead atoms. The Labute approximate surface area is 153 Å². The molecule has 2 aromatic rings. The van der Waals surface area contributed by atoms with Gasteiger partial charge in [0.1, 0.15) is 5.54 Å². The minimum atomic E-state index is -0.497. The van der Waals surface area contributed by atoms with Gasteiger partial charge in [0.05, 0.1) is 6.67 Å². The maximum absolute atomic E-state index is 12.7. The number of likely N-dealkylation sites (tertiary alicyclic amines) is 1. The first-order chi connectivity index (χ1) is 12.7. The van der Waals surface area contributed by atoms with Crippen LogP contribution in [0.15, 0.2) is 60.7 Å². The smallest absolute Gasteiger partial charge is 0.253 e. The summed E-state index contributed by atoms with van der Waals surface area (Å²) in [6, 6.07) is 19.6. The van der Waals surface area contributed by atoms with E-state index in [0.29, 0.717) is 38.2 Å². The minimum absolute atomic E-state index is 0.0495. The van der Waals surface area contributed by atoms with Crippen LogP contribution in [0.25, 0.3) is 0 Å². The molecule has 26 heavy (non-hydrogen) atoms. The van der Waals surface area contributed by atoms with Crippen molar-refractivity contribution in [1.29, 1.82) is 0 Å². The van der Waals surface area contributed by atoms with Crippen molar-refractivity contribution in [3.05, 3.63) is 71.8 Å². The number of piperidine rings is 1. The summed E-state index contributed by atoms with van der Waals surface area (Å²) in [5.41, 5.74) is 1.41. The molecule has 2 aromatic carbocycles. The van der Waals surface area contributed by atoms with Crippen LogP contribution in [0.5, 0.6) is 0 Å². The SMILES string of the molecule is O=C(c1ccccc1)N1CCC2(CC1)C(=O)NCN2Cc1ccccc1. The van der Waals surface area contributed by atoms with Crippen molar-refractivity contribution in [2.45, 2.75) is 24.9 Å². The van der Waals surface area contributed by atoms with E-state index in [1.54, 1.807) is 0 Å². The number of benzene rings is 2. The van der Waals surface area contributed by atoms with E-state index < -0.39 is 5.54 Å². The zero-order chi connectivity index (χ0) is 18.0. The molecule has 2 fully saturated rings. The van der Waals surface area contributed by atoms with Crippen LogP contribution in [-0.4, -0.2) is 46.9 Å². The van der Waals surface area contributed by atoms with Gasteiger partial charge in [0.2, 0.25) is 5.91 Å². The molecule has 0 unspecified atom stereocenters. The number of nitrogens with one attached hydrogen (secondary N) is 1. The second-order valence-corrected chi connectivity index (χ2v) is 7.04. The molecule has 2 saturated heterocycles. The van der Waals surface area contributed by atoms with E-state index in [-0.39, 0.29) is 11.8 Å². The Morgan fingerprint density at radius 2 is 1.58 bits per heavy atom. The second kappa shape index (κ2) is 6.92. The van der Waals surface area contributed by atoms with E-state index >= 15 is 0 Å². The summed E-state index contributed by atoms with van der Waals surface area (Å²) in [7, 11) is 0. The molecule has 0 aliphatic carbocycles. The van der Waals surface area contributed by atoms with Crippen molar-refractivity contribution in [1.82, 2.24) is 15.1 Å². The molecule has 4 rings (SSSR count). The predicted molar refractivity (Wildman–Crippen MR) is 99.3 cm³/mol. The molecule has 5 heteroatoms.